The van der Waals surface area contributed by atoms with Crippen LogP contribution in [0.5, 0.6) is 0 Å². The SMILES string of the molecule is NC(=S)c1cc(N(CCO)CCO)ccc1C(F)(F)F. The first-order valence-corrected chi connectivity index (χ1v) is 6.19. The zero-order valence-corrected chi connectivity index (χ0v) is 11.3. The second kappa shape index (κ2) is 6.87. The zero-order chi connectivity index (χ0) is 15.3. The maximum Gasteiger partial charge on any atom is 0.417 e. The van der Waals surface area contributed by atoms with Crippen molar-refractivity contribution < 1.29 is 23.4 Å². The van der Waals surface area contributed by atoms with Crippen LogP contribution in [0.15, 0.2) is 18.2 Å². The largest absolute Gasteiger partial charge is 0.417 e. The maximum absolute atomic E-state index is 12.8. The van der Waals surface area contributed by atoms with Gasteiger partial charge in [-0.1, -0.05) is 12.2 Å². The number of aliphatic hydroxyl groups excluding tert-OH is 2. The van der Waals surface area contributed by atoms with E-state index >= 15 is 0 Å². The van der Waals surface area contributed by atoms with Crippen molar-refractivity contribution in [3.8, 4) is 0 Å². The molecule has 0 aliphatic carbocycles. The van der Waals surface area contributed by atoms with Crippen LogP contribution in [0.4, 0.5) is 18.9 Å². The van der Waals surface area contributed by atoms with E-state index in [9.17, 15) is 13.2 Å². The molecule has 0 saturated carbocycles. The van der Waals surface area contributed by atoms with Gasteiger partial charge >= 0.3 is 6.18 Å². The molecule has 0 aliphatic heterocycles. The Morgan fingerprint density at radius 1 is 1.20 bits per heavy atom. The van der Waals surface area contributed by atoms with E-state index in [-0.39, 0.29) is 36.9 Å². The number of nitrogens with zero attached hydrogens (tertiary/aromatic N) is 1. The third-order valence-corrected chi connectivity index (χ3v) is 2.90. The quantitative estimate of drug-likeness (QED) is 0.687. The maximum atomic E-state index is 12.8. The van der Waals surface area contributed by atoms with Gasteiger partial charge in [-0.05, 0) is 18.2 Å². The number of nitrogens with two attached hydrogens (primary N) is 1. The summed E-state index contributed by atoms with van der Waals surface area (Å²) in [6, 6.07) is 3.37. The molecule has 1 rings (SSSR count). The minimum absolute atomic E-state index is 0.183. The summed E-state index contributed by atoms with van der Waals surface area (Å²) in [7, 11) is 0. The number of benzene rings is 1. The van der Waals surface area contributed by atoms with Crippen LogP contribution in [-0.2, 0) is 6.18 Å². The van der Waals surface area contributed by atoms with Crippen LogP contribution in [-0.4, -0.2) is 41.5 Å². The monoisotopic (exact) mass is 308 g/mol. The molecule has 0 aromatic heterocycles. The summed E-state index contributed by atoms with van der Waals surface area (Å²) in [5, 5.41) is 17.9. The number of thiocarbonyl (C=S) groups is 1. The number of aliphatic hydroxyl groups is 2. The number of anilines is 1. The van der Waals surface area contributed by atoms with Crippen molar-refractivity contribution in [1.29, 1.82) is 0 Å². The fraction of sp³-hybridized carbons (Fsp3) is 0.417. The minimum atomic E-state index is -4.55. The van der Waals surface area contributed by atoms with Crippen LogP contribution in [0.2, 0.25) is 0 Å². The van der Waals surface area contributed by atoms with Crippen LogP contribution >= 0.6 is 12.2 Å². The molecule has 4 N–H and O–H groups in total. The fourth-order valence-corrected chi connectivity index (χ4v) is 1.96. The Bertz CT molecular complexity index is 474. The standard InChI is InChI=1S/C12H15F3N2O2S/c13-12(14,15)10-2-1-8(7-9(10)11(16)20)17(3-5-18)4-6-19/h1-2,7,18-19H,3-6H2,(H2,16,20). The van der Waals surface area contributed by atoms with Gasteiger partial charge in [0.05, 0.1) is 18.8 Å². The molecule has 8 heteroatoms. The third kappa shape index (κ3) is 4.06. The van der Waals surface area contributed by atoms with E-state index in [1.165, 1.54) is 12.1 Å². The van der Waals surface area contributed by atoms with Crippen LogP contribution in [0.25, 0.3) is 0 Å². The topological polar surface area (TPSA) is 69.7 Å². The molecular weight excluding hydrogens is 293 g/mol. The zero-order valence-electron chi connectivity index (χ0n) is 10.5. The van der Waals surface area contributed by atoms with Crippen molar-refractivity contribution in [3.63, 3.8) is 0 Å². The van der Waals surface area contributed by atoms with Crippen molar-refractivity contribution >= 4 is 22.9 Å². The van der Waals surface area contributed by atoms with Gasteiger partial charge in [-0.25, -0.2) is 0 Å². The molecule has 1 aromatic carbocycles. The average molecular weight is 308 g/mol. The highest BCUT2D eigenvalue weighted by Gasteiger charge is 2.34. The molecule has 20 heavy (non-hydrogen) atoms. The Labute approximate surface area is 119 Å². The second-order valence-corrected chi connectivity index (χ2v) is 4.47. The lowest BCUT2D eigenvalue weighted by Crippen LogP contribution is -2.30. The van der Waals surface area contributed by atoms with Crippen molar-refractivity contribution in [2.45, 2.75) is 6.18 Å². The van der Waals surface area contributed by atoms with Gasteiger partial charge in [-0.2, -0.15) is 13.2 Å². The Morgan fingerprint density at radius 2 is 1.75 bits per heavy atom. The van der Waals surface area contributed by atoms with Gasteiger partial charge in [-0.15, -0.1) is 0 Å². The molecule has 0 spiro atoms. The first-order chi connectivity index (χ1) is 9.31. The van der Waals surface area contributed by atoms with Crippen molar-refractivity contribution in [1.82, 2.24) is 0 Å². The van der Waals surface area contributed by atoms with E-state index in [1.54, 1.807) is 4.90 Å². The lowest BCUT2D eigenvalue weighted by atomic mass is 10.1. The summed E-state index contributed by atoms with van der Waals surface area (Å²) in [5.41, 5.74) is 4.58. The second-order valence-electron chi connectivity index (χ2n) is 4.03. The smallest absolute Gasteiger partial charge is 0.395 e. The highest BCUT2D eigenvalue weighted by Crippen LogP contribution is 2.34. The normalized spacial score (nSPS) is 11.4. The van der Waals surface area contributed by atoms with E-state index in [2.05, 4.69) is 12.2 Å². The van der Waals surface area contributed by atoms with Crippen molar-refractivity contribution in [2.75, 3.05) is 31.2 Å². The Balaban J connectivity index is 3.24. The number of hydrogen-bond acceptors (Lipinski definition) is 4. The molecule has 0 saturated heterocycles. The van der Waals surface area contributed by atoms with Crippen molar-refractivity contribution in [3.05, 3.63) is 29.3 Å². The van der Waals surface area contributed by atoms with E-state index in [1.807, 2.05) is 0 Å². The van der Waals surface area contributed by atoms with Gasteiger partial charge < -0.3 is 20.8 Å². The van der Waals surface area contributed by atoms with E-state index in [0.29, 0.717) is 5.69 Å². The van der Waals surface area contributed by atoms with Crippen LogP contribution in [0.3, 0.4) is 0 Å². The minimum Gasteiger partial charge on any atom is -0.395 e. The average Bonchev–Trinajstić information content (AvgIpc) is 2.36. The van der Waals surface area contributed by atoms with Gasteiger partial charge in [0.1, 0.15) is 4.99 Å². The van der Waals surface area contributed by atoms with Gasteiger partial charge in [0.15, 0.2) is 0 Å². The molecule has 0 heterocycles. The molecule has 1 aromatic rings. The van der Waals surface area contributed by atoms with Gasteiger partial charge in [-0.3, -0.25) is 0 Å². The first kappa shape index (κ1) is 16.7. The Hall–Kier alpha value is -1.38. The molecule has 0 amide bonds. The molecule has 4 nitrogen and oxygen atoms in total. The molecule has 0 unspecified atom stereocenters. The molecule has 0 aliphatic rings. The van der Waals surface area contributed by atoms with Gasteiger partial charge in [0.2, 0.25) is 0 Å². The summed E-state index contributed by atoms with van der Waals surface area (Å²) in [6.45, 7) is -0.0156. The van der Waals surface area contributed by atoms with Crippen LogP contribution in [0, 0.1) is 0 Å². The summed E-state index contributed by atoms with van der Waals surface area (Å²) >= 11 is 4.65. The number of hydrogen-bond donors (Lipinski definition) is 3. The first-order valence-electron chi connectivity index (χ1n) is 5.79. The molecule has 0 bridgehead atoms. The van der Waals surface area contributed by atoms with E-state index in [4.69, 9.17) is 15.9 Å². The van der Waals surface area contributed by atoms with Gasteiger partial charge in [0, 0.05) is 24.3 Å². The molecule has 0 atom stereocenters. The molecule has 112 valence electrons. The van der Waals surface area contributed by atoms with E-state index in [0.717, 1.165) is 6.07 Å². The third-order valence-electron chi connectivity index (χ3n) is 2.68. The molecular formula is C12H15F3N2O2S. The lowest BCUT2D eigenvalue weighted by Gasteiger charge is -2.24. The Kier molecular flexibility index (Phi) is 5.73. The lowest BCUT2D eigenvalue weighted by molar-refractivity contribution is -0.137. The van der Waals surface area contributed by atoms with Crippen LogP contribution in [0.1, 0.15) is 11.1 Å². The van der Waals surface area contributed by atoms with E-state index < -0.39 is 11.7 Å². The molecule has 0 radical (unpaired) electrons. The predicted octanol–water partition coefficient (Wildman–Crippen LogP) is 1.13. The summed E-state index contributed by atoms with van der Waals surface area (Å²) in [5.74, 6) is 0. The molecule has 0 fully saturated rings. The van der Waals surface area contributed by atoms with Crippen molar-refractivity contribution in [2.24, 2.45) is 5.73 Å². The number of halogens is 3. The van der Waals surface area contributed by atoms with Gasteiger partial charge in [0.25, 0.3) is 0 Å². The summed E-state index contributed by atoms with van der Waals surface area (Å²) in [6.07, 6.45) is -4.55. The summed E-state index contributed by atoms with van der Waals surface area (Å²) < 4.78 is 38.5. The highest BCUT2D eigenvalue weighted by atomic mass is 32.1. The number of rotatable bonds is 6. The van der Waals surface area contributed by atoms with Crippen LogP contribution < -0.4 is 10.6 Å². The Morgan fingerprint density at radius 3 is 2.15 bits per heavy atom. The number of alkyl halides is 3. The predicted molar refractivity (Wildman–Crippen MR) is 73.7 cm³/mol. The fourth-order valence-electron chi connectivity index (χ4n) is 1.79. The summed E-state index contributed by atoms with van der Waals surface area (Å²) in [4.78, 5) is 1.19. The highest BCUT2D eigenvalue weighted by molar-refractivity contribution is 7.80.